The van der Waals surface area contributed by atoms with Crippen molar-refractivity contribution in [1.82, 2.24) is 10.2 Å². The van der Waals surface area contributed by atoms with Gasteiger partial charge < -0.3 is 10.1 Å². The van der Waals surface area contributed by atoms with Crippen molar-refractivity contribution >= 4 is 17.7 Å². The smallest absolute Gasteiger partial charge is 0.407 e. The van der Waals surface area contributed by atoms with Crippen molar-refractivity contribution < 1.29 is 9.53 Å². The highest BCUT2D eigenvalue weighted by Crippen LogP contribution is 2.62. The summed E-state index contributed by atoms with van der Waals surface area (Å²) in [5.74, 6) is 0.536. The highest BCUT2D eigenvalue weighted by atomic mass is 35.5. The lowest BCUT2D eigenvalue weighted by Gasteiger charge is -2.44. The first-order chi connectivity index (χ1) is 14.6. The number of hydrogen-bond donors (Lipinski definition) is 1. The SMILES string of the molecule is O=C(NC1c2ccc(-c3ccc(Cl)cc3)cc2CC12CC2)O[C@@H]1CN2CCC1CC2. The molecule has 2 aromatic carbocycles. The lowest BCUT2D eigenvalue weighted by Crippen LogP contribution is -2.52. The van der Waals surface area contributed by atoms with Gasteiger partial charge in [0.25, 0.3) is 0 Å². The summed E-state index contributed by atoms with van der Waals surface area (Å²) in [5.41, 5.74) is 5.18. The van der Waals surface area contributed by atoms with Crippen molar-refractivity contribution in [2.45, 2.75) is 44.2 Å². The molecule has 4 fully saturated rings. The number of rotatable bonds is 3. The lowest BCUT2D eigenvalue weighted by molar-refractivity contribution is -0.0344. The maximum Gasteiger partial charge on any atom is 0.407 e. The second-order valence-corrected chi connectivity index (χ2v) is 10.1. The molecule has 1 unspecified atom stereocenters. The highest BCUT2D eigenvalue weighted by molar-refractivity contribution is 6.30. The van der Waals surface area contributed by atoms with Gasteiger partial charge in [-0.1, -0.05) is 41.9 Å². The number of alkyl carbamates (subject to hydrolysis) is 1. The molecule has 0 radical (unpaired) electrons. The molecule has 2 atom stereocenters. The number of halogens is 1. The van der Waals surface area contributed by atoms with Crippen LogP contribution in [0.2, 0.25) is 5.02 Å². The molecule has 30 heavy (non-hydrogen) atoms. The van der Waals surface area contributed by atoms with Crippen LogP contribution in [-0.4, -0.2) is 36.7 Å². The Morgan fingerprint density at radius 3 is 2.47 bits per heavy atom. The molecule has 0 aromatic heterocycles. The van der Waals surface area contributed by atoms with E-state index in [9.17, 15) is 4.79 Å². The maximum absolute atomic E-state index is 12.8. The van der Waals surface area contributed by atoms with E-state index in [-0.39, 0.29) is 23.7 Å². The average molecular weight is 423 g/mol. The monoisotopic (exact) mass is 422 g/mol. The third-order valence-electron chi connectivity index (χ3n) is 7.80. The van der Waals surface area contributed by atoms with E-state index in [1.165, 1.54) is 35.1 Å². The zero-order valence-electron chi connectivity index (χ0n) is 17.1. The van der Waals surface area contributed by atoms with Gasteiger partial charge in [0.1, 0.15) is 6.10 Å². The van der Waals surface area contributed by atoms with Gasteiger partial charge in [0.15, 0.2) is 0 Å². The van der Waals surface area contributed by atoms with E-state index in [0.717, 1.165) is 43.9 Å². The van der Waals surface area contributed by atoms with Crippen LogP contribution < -0.4 is 5.32 Å². The molecule has 2 aliphatic carbocycles. The van der Waals surface area contributed by atoms with Gasteiger partial charge in [-0.05, 0) is 90.9 Å². The van der Waals surface area contributed by atoms with Gasteiger partial charge in [-0.25, -0.2) is 4.79 Å². The minimum absolute atomic E-state index is 0.0517. The molecule has 7 rings (SSSR count). The second-order valence-electron chi connectivity index (χ2n) is 9.62. The molecule has 1 amide bonds. The fraction of sp³-hybridized carbons (Fsp3) is 0.480. The third-order valence-corrected chi connectivity index (χ3v) is 8.05. The highest BCUT2D eigenvalue weighted by Gasteiger charge is 2.55. The van der Waals surface area contributed by atoms with Crippen molar-refractivity contribution in [2.75, 3.05) is 19.6 Å². The summed E-state index contributed by atoms with van der Waals surface area (Å²) in [6.07, 6.45) is 5.50. The Balaban J connectivity index is 1.20. The van der Waals surface area contributed by atoms with Gasteiger partial charge in [-0.3, -0.25) is 4.90 Å². The molecule has 3 saturated heterocycles. The first-order valence-electron chi connectivity index (χ1n) is 11.2. The predicted octanol–water partition coefficient (Wildman–Crippen LogP) is 5.20. The van der Waals surface area contributed by atoms with Crippen LogP contribution in [0.3, 0.4) is 0 Å². The summed E-state index contributed by atoms with van der Waals surface area (Å²) < 4.78 is 5.92. The first-order valence-corrected chi connectivity index (χ1v) is 11.6. The predicted molar refractivity (Wildman–Crippen MR) is 118 cm³/mol. The van der Waals surface area contributed by atoms with E-state index >= 15 is 0 Å². The van der Waals surface area contributed by atoms with E-state index in [1.54, 1.807) is 0 Å². The minimum Gasteiger partial charge on any atom is -0.445 e. The molecule has 3 aliphatic heterocycles. The molecule has 3 heterocycles. The molecule has 4 nitrogen and oxygen atoms in total. The fourth-order valence-corrected chi connectivity index (χ4v) is 5.99. The zero-order valence-corrected chi connectivity index (χ0v) is 17.8. The number of benzene rings is 2. The van der Waals surface area contributed by atoms with Crippen LogP contribution in [0.4, 0.5) is 4.79 Å². The van der Waals surface area contributed by atoms with Gasteiger partial charge in [-0.2, -0.15) is 0 Å². The summed E-state index contributed by atoms with van der Waals surface area (Å²) in [5, 5.41) is 4.02. The van der Waals surface area contributed by atoms with E-state index in [4.69, 9.17) is 16.3 Å². The summed E-state index contributed by atoms with van der Waals surface area (Å²) in [6, 6.07) is 14.7. The number of piperidine rings is 3. The molecule has 5 heteroatoms. The Kier molecular flexibility index (Phi) is 4.36. The average Bonchev–Trinajstić information content (AvgIpc) is 3.47. The molecular formula is C25H27ClN2O2. The zero-order chi connectivity index (χ0) is 20.3. The molecule has 1 saturated carbocycles. The Bertz CT molecular complexity index is 977. The molecule has 2 bridgehead atoms. The third kappa shape index (κ3) is 3.21. The van der Waals surface area contributed by atoms with Crippen LogP contribution in [0.5, 0.6) is 0 Å². The summed E-state index contributed by atoms with van der Waals surface area (Å²) >= 11 is 6.04. The van der Waals surface area contributed by atoms with E-state index in [0.29, 0.717) is 5.92 Å². The normalized spacial score (nSPS) is 30.2. The van der Waals surface area contributed by atoms with Crippen LogP contribution in [0.1, 0.15) is 42.9 Å². The number of nitrogens with one attached hydrogen (secondary N) is 1. The van der Waals surface area contributed by atoms with Crippen molar-refractivity contribution in [3.8, 4) is 11.1 Å². The van der Waals surface area contributed by atoms with Gasteiger partial charge >= 0.3 is 6.09 Å². The molecule has 5 aliphatic rings. The lowest BCUT2D eigenvalue weighted by atomic mass is 9.86. The fourth-order valence-electron chi connectivity index (χ4n) is 5.86. The van der Waals surface area contributed by atoms with Crippen LogP contribution >= 0.6 is 11.6 Å². The Morgan fingerprint density at radius 1 is 1.07 bits per heavy atom. The van der Waals surface area contributed by atoms with Crippen LogP contribution in [-0.2, 0) is 11.2 Å². The number of nitrogens with zero attached hydrogens (tertiary/aromatic N) is 1. The number of ether oxygens (including phenoxy) is 1. The minimum atomic E-state index is -0.236. The number of amides is 1. The van der Waals surface area contributed by atoms with Crippen molar-refractivity contribution in [2.24, 2.45) is 11.3 Å². The number of carbonyl (C=O) groups excluding carboxylic acids is 1. The molecule has 2 aromatic rings. The van der Waals surface area contributed by atoms with Crippen molar-refractivity contribution in [1.29, 1.82) is 0 Å². The molecule has 1 N–H and O–H groups in total. The Morgan fingerprint density at radius 2 is 1.80 bits per heavy atom. The first kappa shape index (κ1) is 18.7. The van der Waals surface area contributed by atoms with Crippen LogP contribution in [0.15, 0.2) is 42.5 Å². The quantitative estimate of drug-likeness (QED) is 0.738. The van der Waals surface area contributed by atoms with Gasteiger partial charge in [0.05, 0.1) is 6.04 Å². The molecule has 1 spiro atoms. The Hall–Kier alpha value is -2.04. The number of carbonyl (C=O) groups is 1. The van der Waals surface area contributed by atoms with Crippen molar-refractivity contribution in [3.63, 3.8) is 0 Å². The van der Waals surface area contributed by atoms with Crippen LogP contribution in [0.25, 0.3) is 11.1 Å². The van der Waals surface area contributed by atoms with E-state index in [1.807, 2.05) is 12.1 Å². The second kappa shape index (κ2) is 7.00. The summed E-state index contributed by atoms with van der Waals surface area (Å²) in [4.78, 5) is 15.2. The number of fused-ring (bicyclic) bond motifs is 4. The van der Waals surface area contributed by atoms with Gasteiger partial charge in [-0.15, -0.1) is 0 Å². The number of hydrogen-bond acceptors (Lipinski definition) is 3. The van der Waals surface area contributed by atoms with Crippen LogP contribution in [0, 0.1) is 11.3 Å². The maximum atomic E-state index is 12.8. The van der Waals surface area contributed by atoms with E-state index in [2.05, 4.69) is 40.5 Å². The topological polar surface area (TPSA) is 41.6 Å². The summed E-state index contributed by atoms with van der Waals surface area (Å²) in [7, 11) is 0. The summed E-state index contributed by atoms with van der Waals surface area (Å²) in [6.45, 7) is 3.21. The van der Waals surface area contributed by atoms with Gasteiger partial charge in [0, 0.05) is 11.6 Å². The molecular weight excluding hydrogens is 396 g/mol. The Labute approximate surface area is 182 Å². The van der Waals surface area contributed by atoms with Crippen molar-refractivity contribution in [3.05, 3.63) is 58.6 Å². The van der Waals surface area contributed by atoms with Gasteiger partial charge in [0.2, 0.25) is 0 Å². The van der Waals surface area contributed by atoms with E-state index < -0.39 is 0 Å². The molecule has 156 valence electrons. The largest absolute Gasteiger partial charge is 0.445 e. The standard InChI is InChI=1S/C25H27ClN2O2/c26-20-4-1-16(2-5-20)18-3-6-21-19(13-18)14-25(9-10-25)23(21)27-24(29)30-22-15-28-11-7-17(22)8-12-28/h1-6,13,17,22-23H,7-12,14-15H2,(H,27,29)/t22-,23?/m1/s1.